The lowest BCUT2D eigenvalue weighted by Gasteiger charge is -2.22. The first kappa shape index (κ1) is 17.3. The molecular weight excluding hydrogens is 320 g/mol. The van der Waals surface area contributed by atoms with E-state index in [0.717, 1.165) is 12.8 Å². The van der Waals surface area contributed by atoms with Gasteiger partial charge in [-0.1, -0.05) is 19.3 Å². The second-order valence-electron chi connectivity index (χ2n) is 5.30. The predicted octanol–water partition coefficient (Wildman–Crippen LogP) is 3.27. The molecule has 1 saturated carbocycles. The summed E-state index contributed by atoms with van der Waals surface area (Å²) < 4.78 is 4.57. The molecule has 0 spiro atoms. The predicted molar refractivity (Wildman–Crippen MR) is 89.7 cm³/mol. The highest BCUT2D eigenvalue weighted by Crippen LogP contribution is 2.37. The van der Waals surface area contributed by atoms with Crippen molar-refractivity contribution in [2.45, 2.75) is 43.8 Å². The summed E-state index contributed by atoms with van der Waals surface area (Å²) in [5.74, 6) is -0.0858. The highest BCUT2D eigenvalue weighted by atomic mass is 32.2. The number of methoxy groups -OCH3 is 1. The average Bonchev–Trinajstić information content (AvgIpc) is 2.52. The van der Waals surface area contributed by atoms with Gasteiger partial charge in [0.2, 0.25) is 5.78 Å². The Morgan fingerprint density at radius 3 is 2.55 bits per heavy atom. The highest BCUT2D eigenvalue weighted by molar-refractivity contribution is 8.06. The lowest BCUT2D eigenvalue weighted by atomic mass is 10.0. The SMILES string of the molecule is COC(=O)CCSC1=CC(=O)C=C(SC2CCCCC2)C1=O. The van der Waals surface area contributed by atoms with E-state index in [1.54, 1.807) is 11.8 Å². The zero-order chi connectivity index (χ0) is 15.9. The van der Waals surface area contributed by atoms with Crippen LogP contribution in [0, 0.1) is 0 Å². The third-order valence-electron chi connectivity index (χ3n) is 3.63. The second kappa shape index (κ2) is 8.58. The molecule has 2 aliphatic rings. The Morgan fingerprint density at radius 2 is 1.86 bits per heavy atom. The van der Waals surface area contributed by atoms with E-state index in [1.165, 1.54) is 50.3 Å². The van der Waals surface area contributed by atoms with Crippen molar-refractivity contribution in [2.75, 3.05) is 12.9 Å². The average molecular weight is 340 g/mol. The molecule has 0 unspecified atom stereocenters. The molecule has 0 aromatic heterocycles. The number of esters is 1. The van der Waals surface area contributed by atoms with Crippen LogP contribution in [0.1, 0.15) is 38.5 Å². The van der Waals surface area contributed by atoms with Gasteiger partial charge in [-0.2, -0.15) is 0 Å². The molecule has 0 saturated heterocycles. The first-order valence-corrected chi connectivity index (χ1v) is 9.35. The number of hydrogen-bond donors (Lipinski definition) is 0. The summed E-state index contributed by atoms with van der Waals surface area (Å²) >= 11 is 2.80. The van der Waals surface area contributed by atoms with E-state index in [9.17, 15) is 14.4 Å². The van der Waals surface area contributed by atoms with E-state index in [-0.39, 0.29) is 24.0 Å². The molecular formula is C16H20O4S2. The normalized spacial score (nSPS) is 19.7. The van der Waals surface area contributed by atoms with Gasteiger partial charge in [0.15, 0.2) is 5.78 Å². The minimum absolute atomic E-state index is 0.0787. The van der Waals surface area contributed by atoms with E-state index < -0.39 is 0 Å². The van der Waals surface area contributed by atoms with Crippen LogP contribution in [0.15, 0.2) is 22.0 Å². The minimum atomic E-state index is -0.310. The maximum absolute atomic E-state index is 12.4. The molecule has 2 aliphatic carbocycles. The van der Waals surface area contributed by atoms with Gasteiger partial charge in [0.1, 0.15) is 0 Å². The van der Waals surface area contributed by atoms with E-state index in [0.29, 0.717) is 20.8 Å². The first-order chi connectivity index (χ1) is 10.6. The molecule has 0 aromatic carbocycles. The molecule has 2 rings (SSSR count). The Bertz CT molecular complexity index is 516. The quantitative estimate of drug-likeness (QED) is 0.546. The summed E-state index contributed by atoms with van der Waals surface area (Å²) in [5.41, 5.74) is 0. The van der Waals surface area contributed by atoms with E-state index >= 15 is 0 Å². The number of ketones is 2. The van der Waals surface area contributed by atoms with E-state index in [4.69, 9.17) is 0 Å². The Kier molecular flexibility index (Phi) is 6.76. The van der Waals surface area contributed by atoms with Gasteiger partial charge in [-0.05, 0) is 12.8 Å². The maximum Gasteiger partial charge on any atom is 0.306 e. The summed E-state index contributed by atoms with van der Waals surface area (Å²) in [4.78, 5) is 36.3. The van der Waals surface area contributed by atoms with Gasteiger partial charge in [0.25, 0.3) is 0 Å². The van der Waals surface area contributed by atoms with Crippen molar-refractivity contribution >= 4 is 41.1 Å². The lowest BCUT2D eigenvalue weighted by Crippen LogP contribution is -2.16. The zero-order valence-electron chi connectivity index (χ0n) is 12.6. The van der Waals surface area contributed by atoms with Gasteiger partial charge in [-0.15, -0.1) is 23.5 Å². The van der Waals surface area contributed by atoms with Crippen LogP contribution in [0.5, 0.6) is 0 Å². The molecule has 6 heteroatoms. The van der Waals surface area contributed by atoms with Gasteiger partial charge in [0, 0.05) is 23.2 Å². The second-order valence-corrected chi connectivity index (χ2v) is 7.78. The van der Waals surface area contributed by atoms with Crippen molar-refractivity contribution in [2.24, 2.45) is 0 Å². The molecule has 0 heterocycles. The number of carbonyl (C=O) groups is 3. The number of ether oxygens (including phenoxy) is 1. The molecule has 0 bridgehead atoms. The Balaban J connectivity index is 1.91. The van der Waals surface area contributed by atoms with Crippen LogP contribution in [0.2, 0.25) is 0 Å². The smallest absolute Gasteiger partial charge is 0.306 e. The number of thioether (sulfide) groups is 2. The van der Waals surface area contributed by atoms with Crippen LogP contribution in [0.25, 0.3) is 0 Å². The summed E-state index contributed by atoms with van der Waals surface area (Å²) in [6.07, 6.45) is 8.93. The highest BCUT2D eigenvalue weighted by Gasteiger charge is 2.26. The molecule has 0 amide bonds. The monoisotopic (exact) mass is 340 g/mol. The molecule has 0 radical (unpaired) electrons. The topological polar surface area (TPSA) is 60.4 Å². The summed E-state index contributed by atoms with van der Waals surface area (Å²) in [5, 5.41) is 0.441. The van der Waals surface area contributed by atoms with Gasteiger partial charge >= 0.3 is 5.97 Å². The van der Waals surface area contributed by atoms with Gasteiger partial charge in [0.05, 0.1) is 23.3 Å². The van der Waals surface area contributed by atoms with Crippen LogP contribution in [0.4, 0.5) is 0 Å². The molecule has 0 aromatic rings. The minimum Gasteiger partial charge on any atom is -0.469 e. The molecule has 22 heavy (non-hydrogen) atoms. The Labute approximate surface area is 139 Å². The van der Waals surface area contributed by atoms with E-state index in [1.807, 2.05) is 0 Å². The fourth-order valence-electron chi connectivity index (χ4n) is 2.46. The molecule has 0 N–H and O–H groups in total. The molecule has 0 atom stereocenters. The largest absolute Gasteiger partial charge is 0.469 e. The lowest BCUT2D eigenvalue weighted by molar-refractivity contribution is -0.140. The number of allylic oxidation sites excluding steroid dienone is 4. The fraction of sp³-hybridized carbons (Fsp3) is 0.562. The van der Waals surface area contributed by atoms with Crippen LogP contribution in [0.3, 0.4) is 0 Å². The van der Waals surface area contributed by atoms with E-state index in [2.05, 4.69) is 4.74 Å². The number of hydrogen-bond acceptors (Lipinski definition) is 6. The zero-order valence-corrected chi connectivity index (χ0v) is 14.3. The Hall–Kier alpha value is -1.01. The summed E-state index contributed by atoms with van der Waals surface area (Å²) in [7, 11) is 1.34. The molecule has 0 aliphatic heterocycles. The van der Waals surface area contributed by atoms with Gasteiger partial charge < -0.3 is 4.74 Å². The van der Waals surface area contributed by atoms with Crippen LogP contribution in [-0.2, 0) is 19.1 Å². The van der Waals surface area contributed by atoms with Crippen molar-refractivity contribution < 1.29 is 19.1 Å². The summed E-state index contributed by atoms with van der Waals surface area (Å²) in [6, 6.07) is 0. The maximum atomic E-state index is 12.4. The van der Waals surface area contributed by atoms with Crippen LogP contribution < -0.4 is 0 Å². The van der Waals surface area contributed by atoms with Crippen LogP contribution in [-0.4, -0.2) is 35.6 Å². The van der Waals surface area contributed by atoms with Gasteiger partial charge in [-0.25, -0.2) is 0 Å². The van der Waals surface area contributed by atoms with Crippen molar-refractivity contribution in [1.29, 1.82) is 0 Å². The number of rotatable bonds is 6. The molecule has 1 fully saturated rings. The van der Waals surface area contributed by atoms with Crippen molar-refractivity contribution in [3.8, 4) is 0 Å². The standard InChI is InChI=1S/C16H20O4S2/c1-20-15(18)7-8-21-13-9-11(17)10-14(16(13)19)22-12-5-3-2-4-6-12/h9-10,12H,2-8H2,1H3. The molecule has 120 valence electrons. The van der Waals surface area contributed by atoms with Gasteiger partial charge in [-0.3, -0.25) is 14.4 Å². The molecule has 4 nitrogen and oxygen atoms in total. The third-order valence-corrected chi connectivity index (χ3v) is 6.02. The van der Waals surface area contributed by atoms with Crippen LogP contribution >= 0.6 is 23.5 Å². The number of Topliss-reactive ketones (excluding diaryl/α,β-unsaturated/α-hetero) is 1. The number of carbonyl (C=O) groups excluding carboxylic acids is 3. The van der Waals surface area contributed by atoms with Crippen molar-refractivity contribution in [3.63, 3.8) is 0 Å². The third kappa shape index (κ3) is 5.02. The van der Waals surface area contributed by atoms with Crippen molar-refractivity contribution in [3.05, 3.63) is 22.0 Å². The first-order valence-electron chi connectivity index (χ1n) is 7.48. The fourth-order valence-corrected chi connectivity index (χ4v) is 4.78. The summed E-state index contributed by atoms with van der Waals surface area (Å²) in [6.45, 7) is 0. The van der Waals surface area contributed by atoms with Crippen molar-refractivity contribution in [1.82, 2.24) is 0 Å². The Morgan fingerprint density at radius 1 is 1.18 bits per heavy atom.